The topological polar surface area (TPSA) is 46.5 Å². The zero-order chi connectivity index (χ0) is 15.0. The van der Waals surface area contributed by atoms with Crippen molar-refractivity contribution in [3.63, 3.8) is 0 Å². The van der Waals surface area contributed by atoms with E-state index in [1.54, 1.807) is 30.3 Å². The van der Waals surface area contributed by atoms with Crippen molar-refractivity contribution in [3.05, 3.63) is 77.6 Å². The lowest BCUT2D eigenvalue weighted by Crippen LogP contribution is -2.05. The first-order chi connectivity index (χ1) is 10.0. The molecule has 0 saturated carbocycles. The van der Waals surface area contributed by atoms with Gasteiger partial charge in [0, 0.05) is 11.1 Å². The number of allylic oxidation sites excluding steroid dienone is 1. The van der Waals surface area contributed by atoms with Gasteiger partial charge in [0.05, 0.1) is 10.6 Å². The van der Waals surface area contributed by atoms with Crippen LogP contribution in [-0.4, -0.2) is 14.1 Å². The summed E-state index contributed by atoms with van der Waals surface area (Å²) in [5.74, 6) is -0.370. The van der Waals surface area contributed by atoms with E-state index in [2.05, 4.69) is 11.0 Å². The maximum Gasteiger partial charge on any atom is 0.283 e. The lowest BCUT2D eigenvalue weighted by atomic mass is 9.96. The van der Waals surface area contributed by atoms with Gasteiger partial charge in [-0.2, -0.15) is 12.8 Å². The first-order valence-electron chi connectivity index (χ1n) is 6.37. The lowest BCUT2D eigenvalue weighted by molar-refractivity contribution is 0.599. The Morgan fingerprint density at radius 3 is 2.67 bits per heavy atom. The van der Waals surface area contributed by atoms with Gasteiger partial charge in [-0.1, -0.05) is 24.3 Å². The van der Waals surface area contributed by atoms with Crippen LogP contribution in [0.25, 0.3) is 0 Å². The van der Waals surface area contributed by atoms with Crippen molar-refractivity contribution in [2.45, 2.75) is 11.3 Å². The summed E-state index contributed by atoms with van der Waals surface area (Å²) in [4.78, 5) is 0.189. The lowest BCUT2D eigenvalue weighted by Gasteiger charge is -2.08. The van der Waals surface area contributed by atoms with Crippen molar-refractivity contribution in [2.75, 3.05) is 0 Å². The second-order valence-corrected chi connectivity index (χ2v) is 6.28. The van der Waals surface area contributed by atoms with Crippen LogP contribution in [0.2, 0.25) is 0 Å². The summed E-state index contributed by atoms with van der Waals surface area (Å²) in [7, 11) is -3.68. The van der Waals surface area contributed by atoms with Crippen LogP contribution in [0, 0.1) is 5.82 Å². The number of rotatable bonds is 3. The fourth-order valence-corrected chi connectivity index (χ4v) is 3.65. The van der Waals surface area contributed by atoms with Gasteiger partial charge in [-0.15, -0.1) is 6.58 Å². The van der Waals surface area contributed by atoms with E-state index in [-0.39, 0.29) is 10.7 Å². The largest absolute Gasteiger partial charge is 0.283 e. The third kappa shape index (κ3) is 2.29. The average Bonchev–Trinajstić information content (AvgIpc) is 2.72. The molecule has 0 radical (unpaired) electrons. The van der Waals surface area contributed by atoms with Crippen LogP contribution >= 0.6 is 0 Å². The average molecular weight is 301 g/mol. The predicted molar refractivity (Wildman–Crippen MR) is 79.6 cm³/mol. The SMILES string of the molecule is C=CCc1cc(F)ccc1C1=NS(=O)(=O)c2ccccc21. The van der Waals surface area contributed by atoms with Gasteiger partial charge in [-0.3, -0.25) is 0 Å². The van der Waals surface area contributed by atoms with E-state index >= 15 is 0 Å². The number of hydrogen-bond donors (Lipinski definition) is 0. The number of hydrogen-bond acceptors (Lipinski definition) is 2. The van der Waals surface area contributed by atoms with Gasteiger partial charge in [0.15, 0.2) is 0 Å². The van der Waals surface area contributed by atoms with Gasteiger partial charge in [-0.25, -0.2) is 4.39 Å². The predicted octanol–water partition coefficient (Wildman–Crippen LogP) is 3.09. The molecule has 0 N–H and O–H groups in total. The summed E-state index contributed by atoms with van der Waals surface area (Å²) in [6.07, 6.45) is 2.09. The molecule has 5 heteroatoms. The molecule has 1 aliphatic heterocycles. The highest BCUT2D eigenvalue weighted by atomic mass is 32.2. The molecule has 106 valence electrons. The molecule has 1 heterocycles. The molecule has 1 aliphatic rings. The standard InChI is InChI=1S/C16H12FNO2S/c1-2-5-11-10-12(17)8-9-13(11)16-14-6-3-4-7-15(14)21(19,20)18-16/h2-4,6-10H,1,5H2. The molecule has 0 unspecified atom stereocenters. The van der Waals surface area contributed by atoms with E-state index in [9.17, 15) is 12.8 Å². The highest BCUT2D eigenvalue weighted by Gasteiger charge is 2.29. The summed E-state index contributed by atoms with van der Waals surface area (Å²) in [6.45, 7) is 3.65. The Kier molecular flexibility index (Phi) is 3.22. The number of benzene rings is 2. The van der Waals surface area contributed by atoms with E-state index in [1.807, 2.05) is 0 Å². The Morgan fingerprint density at radius 1 is 1.14 bits per heavy atom. The molecule has 0 spiro atoms. The number of sulfonamides is 1. The summed E-state index contributed by atoms with van der Waals surface area (Å²) in [5, 5.41) is 0. The normalized spacial score (nSPS) is 15.4. The minimum absolute atomic E-state index is 0.189. The highest BCUT2D eigenvalue weighted by molar-refractivity contribution is 7.90. The fourth-order valence-electron chi connectivity index (χ4n) is 2.42. The van der Waals surface area contributed by atoms with Crippen molar-refractivity contribution in [3.8, 4) is 0 Å². The monoisotopic (exact) mass is 301 g/mol. The molecule has 0 aliphatic carbocycles. The molecule has 2 aromatic carbocycles. The third-order valence-corrected chi connectivity index (χ3v) is 4.65. The molecule has 2 aromatic rings. The maximum atomic E-state index is 13.4. The van der Waals surface area contributed by atoms with E-state index in [4.69, 9.17) is 0 Å². The van der Waals surface area contributed by atoms with Crippen molar-refractivity contribution < 1.29 is 12.8 Å². The molecule has 0 atom stereocenters. The third-order valence-electron chi connectivity index (χ3n) is 3.32. The molecule has 21 heavy (non-hydrogen) atoms. The van der Waals surface area contributed by atoms with Crippen molar-refractivity contribution >= 4 is 15.7 Å². The second kappa shape index (κ2) is 4.93. The minimum atomic E-state index is -3.68. The Labute approximate surface area is 122 Å². The van der Waals surface area contributed by atoms with Crippen LogP contribution in [0.1, 0.15) is 16.7 Å². The molecule has 0 bridgehead atoms. The van der Waals surface area contributed by atoms with Crippen LogP contribution in [0.15, 0.2) is 64.4 Å². The van der Waals surface area contributed by atoms with Crippen LogP contribution < -0.4 is 0 Å². The van der Waals surface area contributed by atoms with Gasteiger partial charge in [0.2, 0.25) is 0 Å². The summed E-state index contributed by atoms with van der Waals surface area (Å²) in [6, 6.07) is 10.9. The fraction of sp³-hybridized carbons (Fsp3) is 0.0625. The molecule has 3 nitrogen and oxygen atoms in total. The molecular formula is C16H12FNO2S. The number of fused-ring (bicyclic) bond motifs is 1. The highest BCUT2D eigenvalue weighted by Crippen LogP contribution is 2.30. The molecule has 0 fully saturated rings. The van der Waals surface area contributed by atoms with Gasteiger partial charge < -0.3 is 0 Å². The van der Waals surface area contributed by atoms with Gasteiger partial charge >= 0.3 is 0 Å². The van der Waals surface area contributed by atoms with Crippen molar-refractivity contribution in [1.82, 2.24) is 0 Å². The Morgan fingerprint density at radius 2 is 1.90 bits per heavy atom. The zero-order valence-electron chi connectivity index (χ0n) is 11.1. The maximum absolute atomic E-state index is 13.4. The van der Waals surface area contributed by atoms with Crippen LogP contribution in [0.4, 0.5) is 4.39 Å². The van der Waals surface area contributed by atoms with Gasteiger partial charge in [-0.05, 0) is 36.2 Å². The van der Waals surface area contributed by atoms with Gasteiger partial charge in [0.25, 0.3) is 10.0 Å². The molecule has 0 aromatic heterocycles. The van der Waals surface area contributed by atoms with Crippen molar-refractivity contribution in [1.29, 1.82) is 0 Å². The van der Waals surface area contributed by atoms with Crippen LogP contribution in [-0.2, 0) is 16.4 Å². The quantitative estimate of drug-likeness (QED) is 0.818. The van der Waals surface area contributed by atoms with E-state index in [0.717, 1.165) is 0 Å². The minimum Gasteiger partial charge on any atom is -0.207 e. The zero-order valence-corrected chi connectivity index (χ0v) is 11.9. The Balaban J connectivity index is 2.25. The van der Waals surface area contributed by atoms with Crippen LogP contribution in [0.5, 0.6) is 0 Å². The Bertz CT molecular complexity index is 870. The van der Waals surface area contributed by atoms with E-state index < -0.39 is 10.0 Å². The van der Waals surface area contributed by atoms with Crippen molar-refractivity contribution in [2.24, 2.45) is 4.40 Å². The summed E-state index contributed by atoms with van der Waals surface area (Å²) < 4.78 is 41.5. The smallest absolute Gasteiger partial charge is 0.207 e. The summed E-state index contributed by atoms with van der Waals surface area (Å²) >= 11 is 0. The molecule has 0 amide bonds. The first-order valence-corrected chi connectivity index (χ1v) is 7.81. The number of halogens is 1. The first kappa shape index (κ1) is 13.7. The number of nitrogens with zero attached hydrogens (tertiary/aromatic N) is 1. The second-order valence-electron chi connectivity index (χ2n) is 4.71. The van der Waals surface area contributed by atoms with E-state index in [0.29, 0.717) is 28.8 Å². The van der Waals surface area contributed by atoms with Gasteiger partial charge in [0.1, 0.15) is 5.82 Å². The van der Waals surface area contributed by atoms with E-state index in [1.165, 1.54) is 18.2 Å². The molecule has 3 rings (SSSR count). The Hall–Kier alpha value is -2.27. The molecule has 0 saturated heterocycles. The summed E-state index contributed by atoms with van der Waals surface area (Å²) in [5.41, 5.74) is 2.19. The van der Waals surface area contributed by atoms with Crippen LogP contribution in [0.3, 0.4) is 0 Å². The molecular weight excluding hydrogens is 289 g/mol.